The van der Waals surface area contributed by atoms with Gasteiger partial charge in [0.05, 0.1) is 11.6 Å². The molecule has 33 heavy (non-hydrogen) atoms. The molecule has 0 bridgehead atoms. The number of likely N-dealkylation sites (tertiary alicyclic amines) is 1. The van der Waals surface area contributed by atoms with Crippen LogP contribution >= 0.6 is 11.6 Å². The summed E-state index contributed by atoms with van der Waals surface area (Å²) in [4.78, 5) is 31.7. The van der Waals surface area contributed by atoms with E-state index in [1.807, 2.05) is 6.07 Å². The molecule has 3 aromatic rings. The minimum absolute atomic E-state index is 0.00548. The molecule has 166 valence electrons. The lowest BCUT2D eigenvalue weighted by molar-refractivity contribution is -0.140. The number of carbonyl (C=O) groups excluding carboxylic acids is 2. The van der Waals surface area contributed by atoms with Gasteiger partial charge in [-0.2, -0.15) is 0 Å². The first-order valence-electron chi connectivity index (χ1n) is 10.3. The van der Waals surface area contributed by atoms with Crippen LogP contribution in [-0.4, -0.2) is 33.3 Å². The maximum absolute atomic E-state index is 13.1. The molecule has 6 nitrogen and oxygen atoms in total. The monoisotopic (exact) mass is 460 g/mol. The predicted molar refractivity (Wildman–Crippen MR) is 126 cm³/mol. The SMILES string of the molecule is C=CCOc1ccc(/C(O)=C2/C(=O)C(=O)N(Cc3cccnc3)C2c2cccc(Cl)c2)cc1. The Hall–Kier alpha value is -3.90. The second-order valence-corrected chi connectivity index (χ2v) is 7.90. The first kappa shape index (κ1) is 22.3. The molecule has 1 unspecified atom stereocenters. The summed E-state index contributed by atoms with van der Waals surface area (Å²) >= 11 is 6.21. The Morgan fingerprint density at radius 3 is 2.61 bits per heavy atom. The van der Waals surface area contributed by atoms with Crippen LogP contribution in [-0.2, 0) is 16.1 Å². The first-order chi connectivity index (χ1) is 16.0. The molecular formula is C26H21ClN2O4. The highest BCUT2D eigenvalue weighted by Crippen LogP contribution is 2.40. The quantitative estimate of drug-likeness (QED) is 0.234. The number of ether oxygens (including phenoxy) is 1. The van der Waals surface area contributed by atoms with Gasteiger partial charge in [0.2, 0.25) is 0 Å². The number of pyridine rings is 1. The Labute approximate surface area is 196 Å². The second-order valence-electron chi connectivity index (χ2n) is 7.47. The molecule has 0 saturated carbocycles. The summed E-state index contributed by atoms with van der Waals surface area (Å²) in [6.45, 7) is 4.11. The van der Waals surface area contributed by atoms with Gasteiger partial charge in [-0.3, -0.25) is 14.6 Å². The second kappa shape index (κ2) is 9.71. The number of halogens is 1. The molecule has 1 aliphatic heterocycles. The van der Waals surface area contributed by atoms with Crippen molar-refractivity contribution in [1.82, 2.24) is 9.88 Å². The first-order valence-corrected chi connectivity index (χ1v) is 10.6. The maximum Gasteiger partial charge on any atom is 0.295 e. The molecule has 1 fully saturated rings. The number of aromatic nitrogens is 1. The van der Waals surface area contributed by atoms with Gasteiger partial charge < -0.3 is 14.7 Å². The van der Waals surface area contributed by atoms with Gasteiger partial charge in [-0.1, -0.05) is 42.5 Å². The van der Waals surface area contributed by atoms with Gasteiger partial charge in [-0.15, -0.1) is 0 Å². The maximum atomic E-state index is 13.1. The smallest absolute Gasteiger partial charge is 0.295 e. The zero-order valence-electron chi connectivity index (χ0n) is 17.6. The number of nitrogens with zero attached hydrogens (tertiary/aromatic N) is 2. The number of rotatable bonds is 7. The fourth-order valence-electron chi connectivity index (χ4n) is 3.77. The number of benzene rings is 2. The van der Waals surface area contributed by atoms with E-state index in [-0.39, 0.29) is 17.9 Å². The zero-order chi connectivity index (χ0) is 23.4. The average Bonchev–Trinajstić information content (AvgIpc) is 3.08. The lowest BCUT2D eigenvalue weighted by atomic mass is 9.95. The van der Waals surface area contributed by atoms with Gasteiger partial charge in [0.15, 0.2) is 0 Å². The van der Waals surface area contributed by atoms with Gasteiger partial charge in [0.25, 0.3) is 11.7 Å². The number of carbonyl (C=O) groups is 2. The van der Waals surface area contributed by atoms with Crippen molar-refractivity contribution < 1.29 is 19.4 Å². The molecule has 2 aromatic carbocycles. The Balaban J connectivity index is 1.79. The van der Waals surface area contributed by atoms with E-state index in [9.17, 15) is 14.7 Å². The molecule has 1 N–H and O–H groups in total. The molecule has 0 aliphatic carbocycles. The van der Waals surface area contributed by atoms with Crippen molar-refractivity contribution in [2.75, 3.05) is 6.61 Å². The van der Waals surface area contributed by atoms with E-state index in [1.165, 1.54) is 4.90 Å². The topological polar surface area (TPSA) is 79.7 Å². The summed E-state index contributed by atoms with van der Waals surface area (Å²) in [5.41, 5.74) is 1.78. The van der Waals surface area contributed by atoms with Crippen molar-refractivity contribution in [3.05, 3.63) is 113 Å². The van der Waals surface area contributed by atoms with Gasteiger partial charge >= 0.3 is 0 Å². The molecule has 7 heteroatoms. The van der Waals surface area contributed by atoms with Crippen molar-refractivity contribution in [2.45, 2.75) is 12.6 Å². The van der Waals surface area contributed by atoms with Crippen LogP contribution in [0.1, 0.15) is 22.7 Å². The van der Waals surface area contributed by atoms with Crippen molar-refractivity contribution >= 4 is 29.1 Å². The highest BCUT2D eigenvalue weighted by Gasteiger charge is 2.46. The van der Waals surface area contributed by atoms with Crippen LogP contribution in [0.15, 0.2) is 91.3 Å². The number of Topliss-reactive ketones (excluding diaryl/α,β-unsaturated/α-hetero) is 1. The van der Waals surface area contributed by atoms with Crippen LogP contribution in [0.4, 0.5) is 0 Å². The largest absolute Gasteiger partial charge is 0.507 e. The molecule has 2 heterocycles. The van der Waals surface area contributed by atoms with E-state index in [4.69, 9.17) is 16.3 Å². The summed E-state index contributed by atoms with van der Waals surface area (Å²) in [7, 11) is 0. The highest BCUT2D eigenvalue weighted by molar-refractivity contribution is 6.46. The van der Waals surface area contributed by atoms with Gasteiger partial charge in [0.1, 0.15) is 18.1 Å². The molecule has 1 amide bonds. The van der Waals surface area contributed by atoms with E-state index in [0.29, 0.717) is 28.5 Å². The molecule has 1 aromatic heterocycles. The highest BCUT2D eigenvalue weighted by atomic mass is 35.5. The van der Waals surface area contributed by atoms with Crippen LogP contribution in [0.25, 0.3) is 5.76 Å². The van der Waals surface area contributed by atoms with Gasteiger partial charge in [0, 0.05) is 29.5 Å². The van der Waals surface area contributed by atoms with Crippen LogP contribution in [0.2, 0.25) is 5.02 Å². The number of aliphatic hydroxyl groups is 1. The summed E-state index contributed by atoms with van der Waals surface area (Å²) in [6.07, 6.45) is 4.90. The summed E-state index contributed by atoms with van der Waals surface area (Å²) < 4.78 is 5.48. The number of ketones is 1. The lowest BCUT2D eigenvalue weighted by Gasteiger charge is -2.25. The van der Waals surface area contributed by atoms with Crippen LogP contribution < -0.4 is 4.74 Å². The lowest BCUT2D eigenvalue weighted by Crippen LogP contribution is -2.29. The minimum Gasteiger partial charge on any atom is -0.507 e. The van der Waals surface area contributed by atoms with Gasteiger partial charge in [-0.05, 0) is 53.6 Å². The van der Waals surface area contributed by atoms with Crippen molar-refractivity contribution in [3.8, 4) is 5.75 Å². The molecule has 0 spiro atoms. The van der Waals surface area contributed by atoms with Crippen LogP contribution in [0.5, 0.6) is 5.75 Å². The van der Waals surface area contributed by atoms with E-state index in [0.717, 1.165) is 5.56 Å². The molecule has 4 rings (SSSR count). The average molecular weight is 461 g/mol. The standard InChI is InChI=1S/C26H21ClN2O4/c1-2-13-33-21-10-8-18(9-11-21)24(30)22-23(19-6-3-7-20(27)14-19)29(26(32)25(22)31)16-17-5-4-12-28-15-17/h2-12,14-15,23,30H,1,13,16H2/b24-22-. The third-order valence-corrected chi connectivity index (χ3v) is 5.51. The van der Waals surface area contributed by atoms with Crippen molar-refractivity contribution in [3.63, 3.8) is 0 Å². The molecule has 0 radical (unpaired) electrons. The normalized spacial score (nSPS) is 17.2. The number of hydrogen-bond acceptors (Lipinski definition) is 5. The Morgan fingerprint density at radius 2 is 1.94 bits per heavy atom. The molecule has 1 saturated heterocycles. The van der Waals surface area contributed by atoms with E-state index < -0.39 is 17.7 Å². The predicted octanol–water partition coefficient (Wildman–Crippen LogP) is 4.92. The number of aliphatic hydroxyl groups excluding tert-OH is 1. The minimum atomic E-state index is -0.805. The molecule has 1 aliphatic rings. The van der Waals surface area contributed by atoms with Crippen LogP contribution in [0.3, 0.4) is 0 Å². The number of hydrogen-bond donors (Lipinski definition) is 1. The van der Waals surface area contributed by atoms with E-state index >= 15 is 0 Å². The van der Waals surface area contributed by atoms with Gasteiger partial charge in [-0.25, -0.2) is 0 Å². The Bertz CT molecular complexity index is 1220. The van der Waals surface area contributed by atoms with Crippen molar-refractivity contribution in [1.29, 1.82) is 0 Å². The zero-order valence-corrected chi connectivity index (χ0v) is 18.4. The van der Waals surface area contributed by atoms with Crippen molar-refractivity contribution in [2.24, 2.45) is 0 Å². The third kappa shape index (κ3) is 4.66. The Morgan fingerprint density at radius 1 is 1.15 bits per heavy atom. The van der Waals surface area contributed by atoms with Crippen LogP contribution in [0, 0.1) is 0 Å². The van der Waals surface area contributed by atoms with E-state index in [1.54, 1.807) is 73.1 Å². The molecular weight excluding hydrogens is 440 g/mol. The fraction of sp³-hybridized carbons (Fsp3) is 0.115. The number of amides is 1. The summed E-state index contributed by atoms with van der Waals surface area (Å²) in [6, 6.07) is 16.3. The molecule has 1 atom stereocenters. The summed E-state index contributed by atoms with van der Waals surface area (Å²) in [5, 5.41) is 11.6. The Kier molecular flexibility index (Phi) is 6.56. The summed E-state index contributed by atoms with van der Waals surface area (Å²) in [5.74, 6) is -1.12. The third-order valence-electron chi connectivity index (χ3n) is 5.28. The van der Waals surface area contributed by atoms with E-state index in [2.05, 4.69) is 11.6 Å². The fourth-order valence-corrected chi connectivity index (χ4v) is 3.97.